The summed E-state index contributed by atoms with van der Waals surface area (Å²) in [6, 6.07) is 3.75. The molecule has 1 aromatic rings. The Morgan fingerprint density at radius 3 is 2.56 bits per heavy atom. The van der Waals surface area contributed by atoms with E-state index in [1.54, 1.807) is 0 Å². The van der Waals surface area contributed by atoms with Gasteiger partial charge < -0.3 is 5.11 Å². The fourth-order valence-corrected chi connectivity index (χ4v) is 1.91. The van der Waals surface area contributed by atoms with Crippen LogP contribution in [0.15, 0.2) is 18.2 Å². The SMILES string of the molecule is CC(C)(C)S(=O)NCc1cc([N+](=O)[O-])ccc1O. The number of hydrogen-bond donors (Lipinski definition) is 2. The van der Waals surface area contributed by atoms with Crippen molar-refractivity contribution in [1.82, 2.24) is 4.72 Å². The highest BCUT2D eigenvalue weighted by Gasteiger charge is 2.20. The first-order valence-corrected chi connectivity index (χ1v) is 6.48. The number of aromatic hydroxyl groups is 1. The summed E-state index contributed by atoms with van der Waals surface area (Å²) < 4.78 is 14.1. The number of nitro groups is 1. The molecule has 0 aliphatic carbocycles. The fourth-order valence-electron chi connectivity index (χ4n) is 1.19. The van der Waals surface area contributed by atoms with Gasteiger partial charge >= 0.3 is 0 Å². The second-order valence-corrected chi connectivity index (χ2v) is 6.82. The van der Waals surface area contributed by atoms with Crippen molar-refractivity contribution in [2.75, 3.05) is 0 Å². The molecule has 1 aromatic carbocycles. The molecule has 7 heteroatoms. The predicted molar refractivity (Wildman–Crippen MR) is 69.5 cm³/mol. The Labute approximate surface area is 108 Å². The number of phenols is 1. The Morgan fingerprint density at radius 1 is 1.44 bits per heavy atom. The van der Waals surface area contributed by atoms with E-state index in [-0.39, 0.29) is 18.0 Å². The van der Waals surface area contributed by atoms with Crippen LogP contribution in [0.1, 0.15) is 26.3 Å². The lowest BCUT2D eigenvalue weighted by Gasteiger charge is -2.18. The quantitative estimate of drug-likeness (QED) is 0.646. The first-order chi connectivity index (χ1) is 8.21. The Balaban J connectivity index is 2.82. The molecule has 0 amide bonds. The van der Waals surface area contributed by atoms with Crippen molar-refractivity contribution in [2.24, 2.45) is 0 Å². The van der Waals surface area contributed by atoms with Gasteiger partial charge in [0, 0.05) is 24.2 Å². The van der Waals surface area contributed by atoms with Crippen molar-refractivity contribution in [3.8, 4) is 5.75 Å². The third-order valence-electron chi connectivity index (χ3n) is 2.22. The van der Waals surface area contributed by atoms with Gasteiger partial charge in [0.15, 0.2) is 0 Å². The van der Waals surface area contributed by atoms with Gasteiger partial charge in [-0.2, -0.15) is 0 Å². The highest BCUT2D eigenvalue weighted by molar-refractivity contribution is 7.84. The van der Waals surface area contributed by atoms with Crippen LogP contribution in [0.25, 0.3) is 0 Å². The molecule has 0 heterocycles. The molecule has 100 valence electrons. The van der Waals surface area contributed by atoms with Gasteiger partial charge in [-0.1, -0.05) is 0 Å². The molecule has 1 rings (SSSR count). The molecule has 0 radical (unpaired) electrons. The fraction of sp³-hybridized carbons (Fsp3) is 0.455. The Morgan fingerprint density at radius 2 is 2.06 bits per heavy atom. The van der Waals surface area contributed by atoms with Crippen LogP contribution in [-0.4, -0.2) is 19.0 Å². The number of nitrogens with one attached hydrogen (secondary N) is 1. The average Bonchev–Trinajstić information content (AvgIpc) is 2.25. The van der Waals surface area contributed by atoms with Crippen LogP contribution < -0.4 is 4.72 Å². The van der Waals surface area contributed by atoms with Gasteiger partial charge in [-0.15, -0.1) is 0 Å². The lowest BCUT2D eigenvalue weighted by atomic mass is 10.2. The highest BCUT2D eigenvalue weighted by Crippen LogP contribution is 2.23. The Hall–Kier alpha value is -1.47. The molecule has 0 saturated heterocycles. The van der Waals surface area contributed by atoms with Crippen LogP contribution in [0, 0.1) is 10.1 Å². The second kappa shape index (κ2) is 5.45. The number of non-ortho nitro benzene ring substituents is 1. The van der Waals surface area contributed by atoms with E-state index in [1.165, 1.54) is 18.2 Å². The first kappa shape index (κ1) is 14.6. The topological polar surface area (TPSA) is 92.5 Å². The molecule has 0 fully saturated rings. The Bertz CT molecular complexity index is 482. The normalized spacial score (nSPS) is 13.3. The molecule has 0 saturated carbocycles. The van der Waals surface area contributed by atoms with Crippen LogP contribution in [0.2, 0.25) is 0 Å². The monoisotopic (exact) mass is 272 g/mol. The Kier molecular flexibility index (Phi) is 4.42. The van der Waals surface area contributed by atoms with E-state index >= 15 is 0 Å². The zero-order valence-corrected chi connectivity index (χ0v) is 11.3. The van der Waals surface area contributed by atoms with Crippen molar-refractivity contribution in [3.05, 3.63) is 33.9 Å². The minimum Gasteiger partial charge on any atom is -0.508 e. The van der Waals surface area contributed by atoms with Gasteiger partial charge in [0.1, 0.15) is 5.75 Å². The maximum atomic E-state index is 11.8. The standard InChI is InChI=1S/C11H16N2O4S/c1-11(2,3)18(17)12-7-8-6-9(13(15)16)4-5-10(8)14/h4-6,12,14H,7H2,1-3H3. The molecule has 1 atom stereocenters. The summed E-state index contributed by atoms with van der Waals surface area (Å²) >= 11 is 0. The van der Waals surface area contributed by atoms with Crippen molar-refractivity contribution >= 4 is 16.7 Å². The first-order valence-electron chi connectivity index (χ1n) is 5.33. The summed E-state index contributed by atoms with van der Waals surface area (Å²) in [6.07, 6.45) is 0. The summed E-state index contributed by atoms with van der Waals surface area (Å²) in [5.74, 6) is -0.0565. The maximum Gasteiger partial charge on any atom is 0.270 e. The van der Waals surface area contributed by atoms with E-state index in [4.69, 9.17) is 0 Å². The van der Waals surface area contributed by atoms with Gasteiger partial charge in [0.2, 0.25) is 0 Å². The molecule has 18 heavy (non-hydrogen) atoms. The summed E-state index contributed by atoms with van der Waals surface area (Å²) in [5.41, 5.74) is 0.243. The molecule has 0 bridgehead atoms. The minimum atomic E-state index is -1.29. The van der Waals surface area contributed by atoms with Crippen LogP contribution in [0.5, 0.6) is 5.75 Å². The number of nitro benzene ring substituents is 1. The van der Waals surface area contributed by atoms with E-state index in [9.17, 15) is 19.4 Å². The number of nitrogens with zero attached hydrogens (tertiary/aromatic N) is 1. The predicted octanol–water partition coefficient (Wildman–Crippen LogP) is 1.85. The third kappa shape index (κ3) is 3.78. The maximum absolute atomic E-state index is 11.8. The van der Waals surface area contributed by atoms with Crippen molar-refractivity contribution in [2.45, 2.75) is 32.1 Å². The molecule has 6 nitrogen and oxygen atoms in total. The van der Waals surface area contributed by atoms with E-state index in [0.717, 1.165) is 0 Å². The molecule has 0 aliphatic heterocycles. The number of benzene rings is 1. The van der Waals surface area contributed by atoms with Crippen molar-refractivity contribution in [1.29, 1.82) is 0 Å². The molecular formula is C11H16N2O4S. The van der Waals surface area contributed by atoms with Gasteiger partial charge in [-0.05, 0) is 26.8 Å². The number of phenolic OH excluding ortho intramolecular Hbond substituents is 1. The average molecular weight is 272 g/mol. The lowest BCUT2D eigenvalue weighted by Crippen LogP contribution is -2.32. The molecular weight excluding hydrogens is 256 g/mol. The van der Waals surface area contributed by atoms with E-state index in [1.807, 2.05) is 20.8 Å². The third-order valence-corrected chi connectivity index (χ3v) is 3.74. The summed E-state index contributed by atoms with van der Waals surface area (Å²) in [5, 5.41) is 20.2. The van der Waals surface area contributed by atoms with Gasteiger partial charge in [0.05, 0.1) is 20.7 Å². The smallest absolute Gasteiger partial charge is 0.270 e. The largest absolute Gasteiger partial charge is 0.508 e. The van der Waals surface area contributed by atoms with Gasteiger partial charge in [0.25, 0.3) is 5.69 Å². The van der Waals surface area contributed by atoms with Crippen LogP contribution in [-0.2, 0) is 17.5 Å². The van der Waals surface area contributed by atoms with E-state index in [2.05, 4.69) is 4.72 Å². The van der Waals surface area contributed by atoms with Crippen molar-refractivity contribution < 1.29 is 14.2 Å². The van der Waals surface area contributed by atoms with Gasteiger partial charge in [-0.3, -0.25) is 10.1 Å². The molecule has 2 N–H and O–H groups in total. The second-order valence-electron chi connectivity index (χ2n) is 4.77. The van der Waals surface area contributed by atoms with Crippen LogP contribution in [0.4, 0.5) is 5.69 Å². The molecule has 0 spiro atoms. The van der Waals surface area contributed by atoms with E-state index in [0.29, 0.717) is 5.56 Å². The van der Waals surface area contributed by atoms with E-state index < -0.39 is 20.7 Å². The minimum absolute atomic E-state index is 0.0565. The van der Waals surface area contributed by atoms with Gasteiger partial charge in [-0.25, -0.2) is 8.93 Å². The summed E-state index contributed by atoms with van der Waals surface area (Å²) in [7, 11) is -1.29. The zero-order valence-electron chi connectivity index (χ0n) is 10.5. The summed E-state index contributed by atoms with van der Waals surface area (Å²) in [4.78, 5) is 10.1. The number of rotatable bonds is 4. The summed E-state index contributed by atoms with van der Waals surface area (Å²) in [6.45, 7) is 5.54. The molecule has 0 aromatic heterocycles. The van der Waals surface area contributed by atoms with Crippen molar-refractivity contribution in [3.63, 3.8) is 0 Å². The van der Waals surface area contributed by atoms with Crippen LogP contribution >= 0.6 is 0 Å². The lowest BCUT2D eigenvalue weighted by molar-refractivity contribution is -0.384. The zero-order chi connectivity index (χ0) is 13.9. The molecule has 1 unspecified atom stereocenters. The van der Waals surface area contributed by atoms with Crippen LogP contribution in [0.3, 0.4) is 0 Å². The highest BCUT2D eigenvalue weighted by atomic mass is 32.2. The molecule has 0 aliphatic rings. The number of hydrogen-bond acceptors (Lipinski definition) is 4.